The van der Waals surface area contributed by atoms with Gasteiger partial charge in [-0.25, -0.2) is 4.79 Å². The average molecular weight is 388 g/mol. The summed E-state index contributed by atoms with van der Waals surface area (Å²) in [6.07, 6.45) is 0.691. The second-order valence-electron chi connectivity index (χ2n) is 6.99. The zero-order valence-corrected chi connectivity index (χ0v) is 16.5. The van der Waals surface area contributed by atoms with E-state index in [-0.39, 0.29) is 16.5 Å². The largest absolute Gasteiger partial charge is 0.451 e. The molecule has 0 spiro atoms. The Balaban J connectivity index is 1.80. The number of carbonyl (C=O) groups excluding carboxylic acids is 2. The van der Waals surface area contributed by atoms with Crippen LogP contribution in [-0.2, 0) is 11.3 Å². The van der Waals surface area contributed by atoms with Crippen LogP contribution in [0.2, 0.25) is 5.15 Å². The van der Waals surface area contributed by atoms with Crippen molar-refractivity contribution in [3.05, 3.63) is 52.4 Å². The van der Waals surface area contributed by atoms with Crippen molar-refractivity contribution in [1.29, 1.82) is 0 Å². The van der Waals surface area contributed by atoms with Crippen molar-refractivity contribution in [1.82, 2.24) is 14.8 Å². The lowest BCUT2D eigenvalue weighted by molar-refractivity contribution is 0.0318. The van der Waals surface area contributed by atoms with Gasteiger partial charge in [-0.1, -0.05) is 43.6 Å². The summed E-state index contributed by atoms with van der Waals surface area (Å²) in [6.45, 7) is 7.92. The normalized spacial score (nSPS) is 12.5. The summed E-state index contributed by atoms with van der Waals surface area (Å²) in [4.78, 5) is 28.4. The molecule has 0 bridgehead atoms. The van der Waals surface area contributed by atoms with Crippen LogP contribution in [0.3, 0.4) is 0 Å². The van der Waals surface area contributed by atoms with Crippen LogP contribution >= 0.6 is 11.6 Å². The number of para-hydroxylation sites is 1. The van der Waals surface area contributed by atoms with Crippen molar-refractivity contribution in [2.75, 3.05) is 0 Å². The highest BCUT2D eigenvalue weighted by Gasteiger charge is 2.27. The number of nitrogens with zero attached hydrogens (tertiary/aromatic N) is 2. The van der Waals surface area contributed by atoms with Crippen LogP contribution in [0.5, 0.6) is 0 Å². The lowest BCUT2D eigenvalue weighted by Crippen LogP contribution is -2.24. The van der Waals surface area contributed by atoms with Gasteiger partial charge >= 0.3 is 5.97 Å². The predicted molar refractivity (Wildman–Crippen MR) is 104 cm³/mol. The van der Waals surface area contributed by atoms with Crippen molar-refractivity contribution in [3.63, 3.8) is 0 Å². The van der Waals surface area contributed by atoms with Crippen molar-refractivity contribution in [2.24, 2.45) is 5.92 Å². The number of benzene rings is 1. The average Bonchev–Trinajstić information content (AvgIpc) is 3.15. The van der Waals surface area contributed by atoms with Crippen molar-refractivity contribution < 1.29 is 14.3 Å². The summed E-state index contributed by atoms with van der Waals surface area (Å²) < 4.78 is 7.00. The molecular weight excluding hydrogens is 366 g/mol. The number of ether oxygens (including phenoxy) is 1. The third kappa shape index (κ3) is 3.76. The lowest BCUT2D eigenvalue weighted by atomic mass is 10.1. The molecule has 1 aromatic carbocycles. The minimum Gasteiger partial charge on any atom is -0.451 e. The Morgan fingerprint density at radius 1 is 1.26 bits per heavy atom. The number of ketones is 1. The van der Waals surface area contributed by atoms with Crippen molar-refractivity contribution >= 4 is 34.3 Å². The SMILES string of the molecule is Cc1nn(CC(C)C)c(Cl)c1C(=O)O[C@H](C)C(=O)c1c[nH]c2ccccc12. The zero-order chi connectivity index (χ0) is 19.7. The molecule has 0 unspecified atom stereocenters. The van der Waals surface area contributed by atoms with E-state index >= 15 is 0 Å². The highest BCUT2D eigenvalue weighted by Crippen LogP contribution is 2.24. The van der Waals surface area contributed by atoms with Crippen molar-refractivity contribution in [2.45, 2.75) is 40.3 Å². The number of esters is 1. The molecule has 2 aromatic heterocycles. The Bertz CT molecular complexity index is 1000. The standard InChI is InChI=1S/C20H22ClN3O3/c1-11(2)10-24-19(21)17(12(3)23-24)20(26)27-13(4)18(25)15-9-22-16-8-6-5-7-14(15)16/h5-9,11,13,22H,10H2,1-4H3/t13-/m1/s1. The second kappa shape index (κ2) is 7.56. The molecule has 0 aliphatic rings. The summed E-state index contributed by atoms with van der Waals surface area (Å²) in [7, 11) is 0. The van der Waals surface area contributed by atoms with Gasteiger partial charge in [0, 0.05) is 29.2 Å². The van der Waals surface area contributed by atoms with Crippen LogP contribution in [0, 0.1) is 12.8 Å². The van der Waals surface area contributed by atoms with Crippen LogP contribution in [-0.4, -0.2) is 32.6 Å². The molecule has 1 N–H and O–H groups in total. The topological polar surface area (TPSA) is 77.0 Å². The summed E-state index contributed by atoms with van der Waals surface area (Å²) in [5.74, 6) is -0.592. The zero-order valence-electron chi connectivity index (χ0n) is 15.7. The van der Waals surface area contributed by atoms with Gasteiger partial charge in [0.2, 0.25) is 5.78 Å². The predicted octanol–water partition coefficient (Wildman–Crippen LogP) is 4.41. The van der Waals surface area contributed by atoms with Gasteiger partial charge in [-0.2, -0.15) is 5.10 Å². The van der Waals surface area contributed by atoms with E-state index in [2.05, 4.69) is 10.1 Å². The molecule has 0 fully saturated rings. The maximum atomic E-state index is 12.8. The quantitative estimate of drug-likeness (QED) is 0.502. The number of hydrogen-bond acceptors (Lipinski definition) is 4. The van der Waals surface area contributed by atoms with Gasteiger partial charge in [-0.05, 0) is 25.8 Å². The molecule has 7 heteroatoms. The molecule has 0 radical (unpaired) electrons. The number of carbonyl (C=O) groups is 2. The first-order valence-corrected chi connectivity index (χ1v) is 9.21. The molecular formula is C20H22ClN3O3. The summed E-state index contributed by atoms with van der Waals surface area (Å²) in [5.41, 5.74) is 2.03. The molecule has 6 nitrogen and oxygen atoms in total. The molecule has 0 aliphatic heterocycles. The first kappa shape index (κ1) is 19.2. The third-order valence-corrected chi connectivity index (χ3v) is 4.70. The monoisotopic (exact) mass is 387 g/mol. The molecule has 3 rings (SSSR count). The van der Waals surface area contributed by atoms with E-state index in [0.29, 0.717) is 23.7 Å². The second-order valence-corrected chi connectivity index (χ2v) is 7.34. The Morgan fingerprint density at radius 2 is 1.96 bits per heavy atom. The highest BCUT2D eigenvalue weighted by atomic mass is 35.5. The fourth-order valence-corrected chi connectivity index (χ4v) is 3.34. The molecule has 0 saturated heterocycles. The summed E-state index contributed by atoms with van der Waals surface area (Å²) in [5, 5.41) is 5.34. The van der Waals surface area contributed by atoms with Crippen LogP contribution < -0.4 is 0 Å². The van der Waals surface area contributed by atoms with Crippen LogP contribution in [0.1, 0.15) is 47.2 Å². The number of hydrogen-bond donors (Lipinski definition) is 1. The number of H-pyrrole nitrogens is 1. The van der Waals surface area contributed by atoms with Crippen LogP contribution in [0.4, 0.5) is 0 Å². The number of aromatic amines is 1. The summed E-state index contributed by atoms with van der Waals surface area (Å²) >= 11 is 6.32. The molecule has 0 aliphatic carbocycles. The number of aryl methyl sites for hydroxylation is 1. The molecule has 1 atom stereocenters. The molecule has 2 heterocycles. The number of rotatable bonds is 6. The maximum Gasteiger partial charge on any atom is 0.343 e. The lowest BCUT2D eigenvalue weighted by Gasteiger charge is -2.12. The van der Waals surface area contributed by atoms with E-state index in [9.17, 15) is 9.59 Å². The number of Topliss-reactive ketones (excluding diaryl/α,β-unsaturated/α-hetero) is 1. The Morgan fingerprint density at radius 3 is 2.67 bits per heavy atom. The Kier molecular flexibility index (Phi) is 5.37. The number of nitrogens with one attached hydrogen (secondary N) is 1. The van der Waals surface area contributed by atoms with Gasteiger partial charge < -0.3 is 9.72 Å². The van der Waals surface area contributed by atoms with E-state index in [0.717, 1.165) is 10.9 Å². The first-order valence-electron chi connectivity index (χ1n) is 8.83. The fraction of sp³-hybridized carbons (Fsp3) is 0.350. The highest BCUT2D eigenvalue weighted by molar-refractivity contribution is 6.32. The van der Waals surface area contributed by atoms with E-state index in [1.807, 2.05) is 38.1 Å². The maximum absolute atomic E-state index is 12.8. The van der Waals surface area contributed by atoms with E-state index in [4.69, 9.17) is 16.3 Å². The van der Waals surface area contributed by atoms with Gasteiger partial charge in [0.25, 0.3) is 0 Å². The molecule has 3 aromatic rings. The minimum absolute atomic E-state index is 0.205. The van der Waals surface area contributed by atoms with Crippen LogP contribution in [0.15, 0.2) is 30.5 Å². The van der Waals surface area contributed by atoms with Gasteiger partial charge in [-0.15, -0.1) is 0 Å². The third-order valence-electron chi connectivity index (χ3n) is 4.32. The van der Waals surface area contributed by atoms with E-state index < -0.39 is 12.1 Å². The molecule has 27 heavy (non-hydrogen) atoms. The van der Waals surface area contributed by atoms with E-state index in [1.54, 1.807) is 24.7 Å². The molecule has 0 saturated carbocycles. The Hall–Kier alpha value is -2.60. The van der Waals surface area contributed by atoms with Gasteiger partial charge in [0.15, 0.2) is 6.10 Å². The fourth-order valence-electron chi connectivity index (χ4n) is 3.02. The number of aromatic nitrogens is 3. The Labute approximate surface area is 162 Å². The minimum atomic E-state index is -0.944. The smallest absolute Gasteiger partial charge is 0.343 e. The number of fused-ring (bicyclic) bond motifs is 1. The molecule has 0 amide bonds. The number of halogens is 1. The first-order chi connectivity index (χ1) is 12.8. The van der Waals surface area contributed by atoms with Gasteiger partial charge in [0.1, 0.15) is 10.7 Å². The molecule has 142 valence electrons. The summed E-state index contributed by atoms with van der Waals surface area (Å²) in [6, 6.07) is 7.48. The van der Waals surface area contributed by atoms with Crippen LogP contribution in [0.25, 0.3) is 10.9 Å². The van der Waals surface area contributed by atoms with Gasteiger partial charge in [0.05, 0.1) is 5.69 Å². The van der Waals surface area contributed by atoms with E-state index in [1.165, 1.54) is 0 Å². The van der Waals surface area contributed by atoms with Crippen molar-refractivity contribution in [3.8, 4) is 0 Å². The van der Waals surface area contributed by atoms with Gasteiger partial charge in [-0.3, -0.25) is 9.48 Å².